The molecule has 1 saturated carbocycles. The summed E-state index contributed by atoms with van der Waals surface area (Å²) in [6, 6.07) is 5.75. The maximum absolute atomic E-state index is 13.6. The first-order chi connectivity index (χ1) is 14.7. The monoisotopic (exact) mass is 430 g/mol. The molecule has 2 heterocycles. The van der Waals surface area contributed by atoms with Gasteiger partial charge in [0.05, 0.1) is 26.3 Å². The van der Waals surface area contributed by atoms with Gasteiger partial charge in [-0.1, -0.05) is 20.8 Å². The van der Waals surface area contributed by atoms with E-state index in [4.69, 9.17) is 9.47 Å². The van der Waals surface area contributed by atoms with Gasteiger partial charge in [0.25, 0.3) is 5.91 Å². The van der Waals surface area contributed by atoms with E-state index in [-0.39, 0.29) is 23.4 Å². The lowest BCUT2D eigenvalue weighted by molar-refractivity contribution is -0.925. The molecule has 7 nitrogen and oxygen atoms in total. The van der Waals surface area contributed by atoms with Crippen LogP contribution in [0.5, 0.6) is 11.5 Å². The Labute approximate surface area is 185 Å². The van der Waals surface area contributed by atoms with Crippen LogP contribution in [0.1, 0.15) is 64.5 Å². The Balaban J connectivity index is 1.56. The second-order valence-corrected chi connectivity index (χ2v) is 10.5. The minimum atomic E-state index is -0.749. The largest absolute Gasteiger partial charge is 0.497 e. The number of ether oxygens (including phenoxy) is 2. The molecule has 1 unspecified atom stereocenters. The number of imide groups is 1. The van der Waals surface area contributed by atoms with Crippen LogP contribution in [0.15, 0.2) is 18.2 Å². The van der Waals surface area contributed by atoms with E-state index in [0.717, 1.165) is 49.3 Å². The number of likely N-dealkylation sites (tertiary alicyclic amines) is 1. The summed E-state index contributed by atoms with van der Waals surface area (Å²) >= 11 is 0. The molecule has 1 aliphatic carbocycles. The summed E-state index contributed by atoms with van der Waals surface area (Å²) < 4.78 is 11.0. The molecule has 4 atom stereocenters. The molecule has 2 N–H and O–H groups in total. The van der Waals surface area contributed by atoms with Crippen LogP contribution in [0.3, 0.4) is 0 Å². The van der Waals surface area contributed by atoms with Gasteiger partial charge in [0, 0.05) is 12.8 Å². The predicted octanol–water partition coefficient (Wildman–Crippen LogP) is 2.52. The first-order valence-corrected chi connectivity index (χ1v) is 11.4. The molecule has 7 heteroatoms. The Morgan fingerprint density at radius 3 is 2.65 bits per heavy atom. The fourth-order valence-electron chi connectivity index (χ4n) is 6.44. The summed E-state index contributed by atoms with van der Waals surface area (Å²) in [6.07, 6.45) is 4.53. The van der Waals surface area contributed by atoms with Crippen LogP contribution in [-0.4, -0.2) is 49.8 Å². The number of nitrogens with zero attached hydrogens (tertiary/aromatic N) is 1. The Kier molecular flexibility index (Phi) is 5.66. The molecule has 0 bridgehead atoms. The zero-order chi connectivity index (χ0) is 22.4. The molecular formula is C24H36N3O4+. The van der Waals surface area contributed by atoms with Gasteiger partial charge < -0.3 is 19.7 Å². The highest BCUT2D eigenvalue weighted by Gasteiger charge is 2.57. The summed E-state index contributed by atoms with van der Waals surface area (Å²) in [6.45, 7) is 7.87. The van der Waals surface area contributed by atoms with Crippen molar-refractivity contribution in [3.8, 4) is 11.5 Å². The van der Waals surface area contributed by atoms with E-state index in [1.54, 1.807) is 14.2 Å². The Morgan fingerprint density at radius 2 is 1.97 bits per heavy atom. The lowest BCUT2D eigenvalue weighted by Crippen LogP contribution is -3.12. The van der Waals surface area contributed by atoms with Crippen LogP contribution in [-0.2, 0) is 4.79 Å². The summed E-state index contributed by atoms with van der Waals surface area (Å²) in [5, 5.41) is 3.10. The second-order valence-electron chi connectivity index (χ2n) is 10.5. The average Bonchev–Trinajstić information content (AvgIpc) is 3.24. The lowest BCUT2D eigenvalue weighted by Gasteiger charge is -2.43. The smallest absolute Gasteiger partial charge is 0.329 e. The maximum atomic E-state index is 13.6. The number of carbonyl (C=O) groups is 2. The van der Waals surface area contributed by atoms with Crippen LogP contribution >= 0.6 is 0 Å². The van der Waals surface area contributed by atoms with E-state index >= 15 is 0 Å². The zero-order valence-electron chi connectivity index (χ0n) is 19.4. The molecule has 3 amide bonds. The first kappa shape index (κ1) is 21.9. The van der Waals surface area contributed by atoms with Gasteiger partial charge in [-0.25, -0.2) is 9.69 Å². The van der Waals surface area contributed by atoms with E-state index in [1.165, 1.54) is 9.80 Å². The van der Waals surface area contributed by atoms with Gasteiger partial charge in [-0.05, 0) is 48.8 Å². The fraction of sp³-hybridized carbons (Fsp3) is 0.667. The number of methoxy groups -OCH3 is 2. The molecule has 31 heavy (non-hydrogen) atoms. The van der Waals surface area contributed by atoms with Crippen LogP contribution in [0.4, 0.5) is 4.79 Å². The van der Waals surface area contributed by atoms with E-state index in [9.17, 15) is 9.59 Å². The highest BCUT2D eigenvalue weighted by atomic mass is 16.5. The minimum Gasteiger partial charge on any atom is -0.497 e. The third kappa shape index (κ3) is 4.00. The second kappa shape index (κ2) is 8.01. The molecule has 0 radical (unpaired) electrons. The molecule has 3 fully saturated rings. The average molecular weight is 431 g/mol. The maximum Gasteiger partial charge on any atom is 0.329 e. The van der Waals surface area contributed by atoms with Crippen LogP contribution < -0.4 is 19.7 Å². The summed E-state index contributed by atoms with van der Waals surface area (Å²) in [5.74, 6) is 1.96. The topological polar surface area (TPSA) is 72.3 Å². The SMILES string of the molecule is COc1ccc(OC)c([C@H]2CCC[NH+]2CN2C(=O)N[C@]3(C[C@@H](C)CC(C)(C)C3)C2=O)c1. The predicted molar refractivity (Wildman–Crippen MR) is 117 cm³/mol. The van der Waals surface area contributed by atoms with Crippen molar-refractivity contribution in [2.45, 2.75) is 64.5 Å². The molecular weight excluding hydrogens is 394 g/mol. The van der Waals surface area contributed by atoms with Crippen molar-refractivity contribution in [1.82, 2.24) is 10.2 Å². The molecule has 2 saturated heterocycles. The zero-order valence-corrected chi connectivity index (χ0v) is 19.4. The number of carbonyl (C=O) groups excluding carboxylic acids is 2. The molecule has 1 aromatic carbocycles. The third-order valence-electron chi connectivity index (χ3n) is 7.28. The highest BCUT2D eigenvalue weighted by molar-refractivity contribution is 6.07. The number of benzene rings is 1. The number of urea groups is 1. The van der Waals surface area contributed by atoms with Crippen molar-refractivity contribution in [3.05, 3.63) is 23.8 Å². The lowest BCUT2D eigenvalue weighted by atomic mass is 9.64. The summed E-state index contributed by atoms with van der Waals surface area (Å²) in [5.41, 5.74) is 0.359. The van der Waals surface area contributed by atoms with Gasteiger partial charge in [0.2, 0.25) is 0 Å². The van der Waals surface area contributed by atoms with Crippen molar-refractivity contribution in [3.63, 3.8) is 0 Å². The van der Waals surface area contributed by atoms with Gasteiger partial charge in [-0.2, -0.15) is 0 Å². The Bertz CT molecular complexity index is 870. The van der Waals surface area contributed by atoms with E-state index in [0.29, 0.717) is 19.0 Å². The summed E-state index contributed by atoms with van der Waals surface area (Å²) in [4.78, 5) is 29.2. The van der Waals surface area contributed by atoms with Crippen molar-refractivity contribution >= 4 is 11.9 Å². The summed E-state index contributed by atoms with van der Waals surface area (Å²) in [7, 11) is 3.33. The number of quaternary nitrogens is 1. The standard InChI is InChI=1S/C24H35N3O4/c1-16-12-23(2,3)14-24(13-16)21(28)27(22(29)25-24)15-26-10-6-7-19(26)18-11-17(30-4)8-9-20(18)31-5/h8-9,11,16,19H,6-7,10,12-15H2,1-5H3,(H,25,29)/p+1/t16-,19+,24-/m0/s1. The number of nitrogens with one attached hydrogen (secondary N) is 2. The quantitative estimate of drug-likeness (QED) is 0.704. The molecule has 3 aliphatic rings. The van der Waals surface area contributed by atoms with E-state index in [1.807, 2.05) is 18.2 Å². The van der Waals surface area contributed by atoms with Crippen molar-refractivity contribution in [2.24, 2.45) is 11.3 Å². The van der Waals surface area contributed by atoms with Gasteiger partial charge >= 0.3 is 6.03 Å². The van der Waals surface area contributed by atoms with E-state index < -0.39 is 5.54 Å². The van der Waals surface area contributed by atoms with Gasteiger partial charge in [0.15, 0.2) is 6.67 Å². The molecule has 1 spiro atoms. The Hall–Kier alpha value is -2.28. The van der Waals surface area contributed by atoms with Gasteiger partial charge in [0.1, 0.15) is 23.1 Å². The molecule has 0 aromatic heterocycles. The van der Waals surface area contributed by atoms with Crippen LogP contribution in [0.2, 0.25) is 0 Å². The first-order valence-electron chi connectivity index (χ1n) is 11.4. The number of rotatable bonds is 5. The number of hydrogen-bond donors (Lipinski definition) is 2. The van der Waals surface area contributed by atoms with E-state index in [2.05, 4.69) is 26.1 Å². The van der Waals surface area contributed by atoms with Crippen molar-refractivity contribution in [2.75, 3.05) is 27.4 Å². The number of hydrogen-bond acceptors (Lipinski definition) is 4. The molecule has 1 aromatic rings. The Morgan fingerprint density at radius 1 is 1.19 bits per heavy atom. The van der Waals surface area contributed by atoms with Gasteiger partial charge in [-0.15, -0.1) is 0 Å². The minimum absolute atomic E-state index is 0.0353. The molecule has 170 valence electrons. The number of amides is 3. The van der Waals surface area contributed by atoms with Gasteiger partial charge in [-0.3, -0.25) is 4.79 Å². The highest BCUT2D eigenvalue weighted by Crippen LogP contribution is 2.46. The molecule has 2 aliphatic heterocycles. The van der Waals surface area contributed by atoms with Crippen LogP contribution in [0, 0.1) is 11.3 Å². The van der Waals surface area contributed by atoms with Crippen LogP contribution in [0.25, 0.3) is 0 Å². The normalized spacial score (nSPS) is 32.4. The van der Waals surface area contributed by atoms with Crippen molar-refractivity contribution < 1.29 is 24.0 Å². The van der Waals surface area contributed by atoms with Crippen molar-refractivity contribution in [1.29, 1.82) is 0 Å². The fourth-order valence-corrected chi connectivity index (χ4v) is 6.44. The third-order valence-corrected chi connectivity index (χ3v) is 7.28. The molecule has 4 rings (SSSR count).